The molecule has 4 aliphatic carbocycles. The molecular formula is C28H36N4O3. The number of rotatable bonds is 7. The largest absolute Gasteiger partial charge is 0.497 e. The van der Waals surface area contributed by atoms with Crippen LogP contribution in [0.3, 0.4) is 0 Å². The SMILES string of the molecule is COc1ccc(CN2CCc3c(ncnc3NC(=O)CC34CC5CC(CC(C5)C3)C4)C2)c(OC)c1. The first-order valence-electron chi connectivity index (χ1n) is 13.1. The molecule has 0 atom stereocenters. The van der Waals surface area contributed by atoms with Crippen LogP contribution in [-0.4, -0.2) is 41.5 Å². The number of benzene rings is 1. The molecule has 7 rings (SSSR count). The number of ether oxygens (including phenoxy) is 2. The fourth-order valence-electron chi connectivity index (χ4n) is 7.90. The molecule has 1 amide bonds. The zero-order chi connectivity index (χ0) is 24.0. The number of methoxy groups -OCH3 is 2. The van der Waals surface area contributed by atoms with Crippen LogP contribution in [0.5, 0.6) is 11.5 Å². The van der Waals surface area contributed by atoms with Gasteiger partial charge in [-0.1, -0.05) is 6.07 Å². The molecule has 0 unspecified atom stereocenters. The van der Waals surface area contributed by atoms with Gasteiger partial charge in [0.2, 0.25) is 5.91 Å². The molecule has 2 aromatic rings. The third-order valence-corrected chi connectivity index (χ3v) is 8.93. The van der Waals surface area contributed by atoms with Gasteiger partial charge < -0.3 is 14.8 Å². The third-order valence-electron chi connectivity index (χ3n) is 8.93. The Balaban J connectivity index is 1.12. The van der Waals surface area contributed by atoms with Gasteiger partial charge >= 0.3 is 0 Å². The van der Waals surface area contributed by atoms with Crippen molar-refractivity contribution in [2.24, 2.45) is 23.2 Å². The lowest BCUT2D eigenvalue weighted by Gasteiger charge is -2.56. The molecule has 1 N–H and O–H groups in total. The number of nitrogens with one attached hydrogen (secondary N) is 1. The molecule has 0 radical (unpaired) electrons. The monoisotopic (exact) mass is 476 g/mol. The van der Waals surface area contributed by atoms with E-state index in [1.54, 1.807) is 20.5 Å². The fourth-order valence-corrected chi connectivity index (χ4v) is 7.90. The molecule has 1 aromatic carbocycles. The maximum absolute atomic E-state index is 13.2. The van der Waals surface area contributed by atoms with Crippen LogP contribution in [0.1, 0.15) is 61.8 Å². The minimum atomic E-state index is 0.137. The quantitative estimate of drug-likeness (QED) is 0.630. The van der Waals surface area contributed by atoms with Crippen LogP contribution in [0.2, 0.25) is 0 Å². The third kappa shape index (κ3) is 4.51. The van der Waals surface area contributed by atoms with Crippen molar-refractivity contribution in [1.29, 1.82) is 0 Å². The first-order valence-corrected chi connectivity index (χ1v) is 13.1. The van der Waals surface area contributed by atoms with E-state index in [0.29, 0.717) is 12.2 Å². The topological polar surface area (TPSA) is 76.6 Å². The second-order valence-corrected chi connectivity index (χ2v) is 11.4. The van der Waals surface area contributed by atoms with Gasteiger partial charge in [-0.25, -0.2) is 9.97 Å². The molecule has 1 aromatic heterocycles. The van der Waals surface area contributed by atoms with Crippen molar-refractivity contribution in [1.82, 2.24) is 14.9 Å². The lowest BCUT2D eigenvalue weighted by molar-refractivity contribution is -0.124. The van der Waals surface area contributed by atoms with Crippen molar-refractivity contribution in [3.8, 4) is 11.5 Å². The van der Waals surface area contributed by atoms with E-state index in [0.717, 1.165) is 72.1 Å². The van der Waals surface area contributed by atoms with Crippen molar-refractivity contribution in [2.45, 2.75) is 64.5 Å². The van der Waals surface area contributed by atoms with E-state index in [2.05, 4.69) is 26.3 Å². The number of hydrogen-bond acceptors (Lipinski definition) is 6. The van der Waals surface area contributed by atoms with Crippen molar-refractivity contribution in [3.63, 3.8) is 0 Å². The molecule has 1 aliphatic heterocycles. The van der Waals surface area contributed by atoms with Crippen LogP contribution in [-0.2, 0) is 24.3 Å². The molecule has 35 heavy (non-hydrogen) atoms. The van der Waals surface area contributed by atoms with Gasteiger partial charge in [-0.3, -0.25) is 9.69 Å². The van der Waals surface area contributed by atoms with Gasteiger partial charge in [0.1, 0.15) is 23.6 Å². The van der Waals surface area contributed by atoms with Gasteiger partial charge in [-0.05, 0) is 74.2 Å². The highest BCUT2D eigenvalue weighted by Gasteiger charge is 2.51. The summed E-state index contributed by atoms with van der Waals surface area (Å²) < 4.78 is 10.9. The number of fused-ring (bicyclic) bond motifs is 1. The highest BCUT2D eigenvalue weighted by Crippen LogP contribution is 2.61. The molecule has 4 bridgehead atoms. The first-order chi connectivity index (χ1) is 17.0. The summed E-state index contributed by atoms with van der Waals surface area (Å²) in [4.78, 5) is 24.6. The van der Waals surface area contributed by atoms with Gasteiger partial charge in [0, 0.05) is 43.2 Å². The molecule has 5 aliphatic rings. The van der Waals surface area contributed by atoms with Crippen LogP contribution >= 0.6 is 0 Å². The standard InChI is InChI=1S/C28H36N4O3/c1-34-22-4-3-21(25(10-22)35-2)15-32-6-5-23-24(16-32)29-17-30-27(23)31-26(33)14-28-11-18-7-19(12-28)9-20(8-18)13-28/h3-4,10,17-20H,5-9,11-16H2,1-2H3,(H,29,30,31,33). The zero-order valence-electron chi connectivity index (χ0n) is 20.9. The smallest absolute Gasteiger partial charge is 0.226 e. The number of amides is 1. The van der Waals surface area contributed by atoms with Crippen molar-refractivity contribution >= 4 is 11.7 Å². The van der Waals surface area contributed by atoms with Crippen molar-refractivity contribution < 1.29 is 14.3 Å². The summed E-state index contributed by atoms with van der Waals surface area (Å²) in [6, 6.07) is 5.95. The number of aromatic nitrogens is 2. The average Bonchev–Trinajstić information content (AvgIpc) is 2.83. The number of nitrogens with zero attached hydrogens (tertiary/aromatic N) is 3. The van der Waals surface area contributed by atoms with E-state index in [1.165, 1.54) is 38.5 Å². The van der Waals surface area contributed by atoms with E-state index in [4.69, 9.17) is 9.47 Å². The Kier molecular flexibility index (Phi) is 5.91. The molecule has 4 fully saturated rings. The highest BCUT2D eigenvalue weighted by molar-refractivity contribution is 5.91. The molecule has 4 saturated carbocycles. The Hall–Kier alpha value is -2.67. The van der Waals surface area contributed by atoms with Gasteiger partial charge in [0.15, 0.2) is 0 Å². The summed E-state index contributed by atoms with van der Waals surface area (Å²) in [5.74, 6) is 5.04. The second kappa shape index (κ2) is 9.08. The van der Waals surface area contributed by atoms with Crippen LogP contribution in [0, 0.1) is 23.2 Å². The minimum Gasteiger partial charge on any atom is -0.497 e. The second-order valence-electron chi connectivity index (χ2n) is 11.4. The maximum Gasteiger partial charge on any atom is 0.226 e. The zero-order valence-corrected chi connectivity index (χ0v) is 20.9. The summed E-state index contributed by atoms with van der Waals surface area (Å²) in [5, 5.41) is 3.20. The lowest BCUT2D eigenvalue weighted by Crippen LogP contribution is -2.47. The van der Waals surface area contributed by atoms with E-state index >= 15 is 0 Å². The lowest BCUT2D eigenvalue weighted by atomic mass is 9.49. The Morgan fingerprint density at radius 2 is 1.83 bits per heavy atom. The Labute approximate surface area is 207 Å². The number of hydrogen-bond donors (Lipinski definition) is 1. The Bertz CT molecular complexity index is 1080. The summed E-state index contributed by atoms with van der Waals surface area (Å²) in [7, 11) is 3.35. The molecule has 2 heterocycles. The minimum absolute atomic E-state index is 0.137. The van der Waals surface area contributed by atoms with Gasteiger partial charge in [0.05, 0.1) is 19.9 Å². The molecule has 7 nitrogen and oxygen atoms in total. The molecule has 0 saturated heterocycles. The summed E-state index contributed by atoms with van der Waals surface area (Å²) in [6.45, 7) is 2.38. The molecule has 7 heteroatoms. The summed E-state index contributed by atoms with van der Waals surface area (Å²) in [6.07, 6.45) is 11.0. The van der Waals surface area contributed by atoms with Crippen molar-refractivity contribution in [2.75, 3.05) is 26.1 Å². The molecule has 0 spiro atoms. The number of carbonyl (C=O) groups excluding carboxylic acids is 1. The van der Waals surface area contributed by atoms with Gasteiger partial charge in [0.25, 0.3) is 0 Å². The van der Waals surface area contributed by atoms with Crippen molar-refractivity contribution in [3.05, 3.63) is 41.3 Å². The average molecular weight is 477 g/mol. The van der Waals surface area contributed by atoms with Crippen LogP contribution in [0.15, 0.2) is 24.5 Å². The normalized spacial score (nSPS) is 29.0. The fraction of sp³-hybridized carbons (Fsp3) is 0.607. The number of carbonyl (C=O) groups is 1. The molecular weight excluding hydrogens is 440 g/mol. The predicted molar refractivity (Wildman–Crippen MR) is 133 cm³/mol. The Morgan fingerprint density at radius 1 is 1.09 bits per heavy atom. The van der Waals surface area contributed by atoms with Crippen LogP contribution < -0.4 is 14.8 Å². The van der Waals surface area contributed by atoms with Gasteiger partial charge in [-0.2, -0.15) is 0 Å². The van der Waals surface area contributed by atoms with E-state index in [9.17, 15) is 4.79 Å². The number of anilines is 1. The first kappa shape index (κ1) is 22.8. The summed E-state index contributed by atoms with van der Waals surface area (Å²) in [5.41, 5.74) is 3.45. The highest BCUT2D eigenvalue weighted by atomic mass is 16.5. The van der Waals surface area contributed by atoms with Crippen LogP contribution in [0.25, 0.3) is 0 Å². The van der Waals surface area contributed by atoms with E-state index < -0.39 is 0 Å². The van der Waals surface area contributed by atoms with E-state index in [1.807, 2.05) is 12.1 Å². The molecule has 186 valence electrons. The summed E-state index contributed by atoms with van der Waals surface area (Å²) >= 11 is 0. The Morgan fingerprint density at radius 3 is 2.51 bits per heavy atom. The maximum atomic E-state index is 13.2. The van der Waals surface area contributed by atoms with Gasteiger partial charge in [-0.15, -0.1) is 0 Å². The predicted octanol–water partition coefficient (Wildman–Crippen LogP) is 4.60. The van der Waals surface area contributed by atoms with Crippen LogP contribution in [0.4, 0.5) is 5.82 Å². The van der Waals surface area contributed by atoms with E-state index in [-0.39, 0.29) is 11.3 Å².